The maximum absolute atomic E-state index is 14.6. The van der Waals surface area contributed by atoms with Gasteiger partial charge < -0.3 is 20.1 Å². The number of benzene rings is 6. The van der Waals surface area contributed by atoms with E-state index < -0.39 is 12.1 Å². The molecule has 2 aliphatic rings. The summed E-state index contributed by atoms with van der Waals surface area (Å²) < 4.78 is 67.6. The molecule has 2 atom stereocenters. The Bertz CT molecular complexity index is 2380. The van der Waals surface area contributed by atoms with Crippen molar-refractivity contribution in [3.8, 4) is 11.5 Å². The van der Waals surface area contributed by atoms with Crippen LogP contribution in [0.2, 0.25) is 10.0 Å². The standard InChI is InChI=1S/2C27H27ClF2N2O2/c2*28-21-11-9-19(10-12-21)26(22-5-1-2-6-23(22)29)31-27(33)20-13-15-32(16-14-20)17-18-34-25-8-4-3-7-24(25)30/h2*1-12,20,26H,13-18H2,(H,31,33). The van der Waals surface area contributed by atoms with Gasteiger partial charge in [-0.05, 0) is 124 Å². The van der Waals surface area contributed by atoms with E-state index in [0.29, 0.717) is 73.2 Å². The lowest BCUT2D eigenvalue weighted by atomic mass is 9.93. The lowest BCUT2D eigenvalue weighted by molar-refractivity contribution is -0.127. The Balaban J connectivity index is 0.000000201. The van der Waals surface area contributed by atoms with E-state index in [-0.39, 0.29) is 58.4 Å². The molecule has 2 amide bonds. The summed E-state index contributed by atoms with van der Waals surface area (Å²) in [7, 11) is 0. The summed E-state index contributed by atoms with van der Waals surface area (Å²) in [6.07, 6.45) is 2.76. The van der Waals surface area contributed by atoms with Gasteiger partial charge in [-0.15, -0.1) is 0 Å². The molecule has 2 heterocycles. The minimum absolute atomic E-state index is 0.0922. The van der Waals surface area contributed by atoms with Crippen LogP contribution in [0.5, 0.6) is 11.5 Å². The van der Waals surface area contributed by atoms with Gasteiger partial charge in [0.1, 0.15) is 24.8 Å². The molecule has 0 radical (unpaired) electrons. The predicted molar refractivity (Wildman–Crippen MR) is 258 cm³/mol. The van der Waals surface area contributed by atoms with Gasteiger partial charge in [0, 0.05) is 46.1 Å². The highest BCUT2D eigenvalue weighted by molar-refractivity contribution is 6.30. The van der Waals surface area contributed by atoms with Gasteiger partial charge >= 0.3 is 0 Å². The molecule has 0 spiro atoms. The fourth-order valence-corrected chi connectivity index (χ4v) is 8.71. The summed E-state index contributed by atoms with van der Waals surface area (Å²) >= 11 is 12.0. The highest BCUT2D eigenvalue weighted by Gasteiger charge is 2.30. The van der Waals surface area contributed by atoms with Gasteiger partial charge in [-0.1, -0.05) is 108 Å². The predicted octanol–water partition coefficient (Wildman–Crippen LogP) is 11.2. The van der Waals surface area contributed by atoms with Gasteiger partial charge in [-0.3, -0.25) is 19.4 Å². The quantitative estimate of drug-likeness (QED) is 0.0941. The van der Waals surface area contributed by atoms with E-state index in [4.69, 9.17) is 32.7 Å². The van der Waals surface area contributed by atoms with Crippen LogP contribution in [0.4, 0.5) is 17.6 Å². The fraction of sp³-hybridized carbons (Fsp3) is 0.296. The lowest BCUT2D eigenvalue weighted by Crippen LogP contribution is -2.43. The number of nitrogens with one attached hydrogen (secondary N) is 2. The number of ether oxygens (including phenoxy) is 2. The van der Waals surface area contributed by atoms with Crippen molar-refractivity contribution < 1.29 is 36.6 Å². The van der Waals surface area contributed by atoms with Crippen LogP contribution >= 0.6 is 23.2 Å². The first-order valence-electron chi connectivity index (χ1n) is 22.8. The van der Waals surface area contributed by atoms with Crippen molar-refractivity contribution in [3.63, 3.8) is 0 Å². The molecule has 6 aromatic rings. The topological polar surface area (TPSA) is 83.1 Å². The molecule has 2 saturated heterocycles. The van der Waals surface area contributed by atoms with E-state index >= 15 is 0 Å². The summed E-state index contributed by atoms with van der Waals surface area (Å²) in [5.41, 5.74) is 2.37. The van der Waals surface area contributed by atoms with Crippen LogP contribution in [0.3, 0.4) is 0 Å². The van der Waals surface area contributed by atoms with Crippen LogP contribution in [-0.2, 0) is 9.59 Å². The van der Waals surface area contributed by atoms with E-state index in [0.717, 1.165) is 37.3 Å². The second kappa shape index (κ2) is 24.9. The Morgan fingerprint density at radius 1 is 0.485 bits per heavy atom. The third kappa shape index (κ3) is 14.1. The molecule has 0 saturated carbocycles. The molecule has 0 bridgehead atoms. The maximum atomic E-state index is 14.6. The number of hydrogen-bond acceptors (Lipinski definition) is 6. The van der Waals surface area contributed by atoms with Crippen molar-refractivity contribution in [1.82, 2.24) is 20.4 Å². The average Bonchev–Trinajstić information content (AvgIpc) is 3.35. The minimum atomic E-state index is -0.599. The SMILES string of the molecule is O=C(NC(c1ccc(Cl)cc1)c1ccccc1F)C1CCN(CCOc2ccccc2F)CC1.O=C(NC(c1ccc(Cl)cc1)c1ccccc1F)C1CCN(CCOc2ccccc2F)CC1. The molecule has 356 valence electrons. The molecule has 8 rings (SSSR count). The first-order valence-corrected chi connectivity index (χ1v) is 23.6. The second-order valence-corrected chi connectivity index (χ2v) is 17.7. The van der Waals surface area contributed by atoms with E-state index in [1.807, 2.05) is 0 Å². The Morgan fingerprint density at radius 3 is 1.15 bits per heavy atom. The van der Waals surface area contributed by atoms with Crippen molar-refractivity contribution >= 4 is 35.0 Å². The Morgan fingerprint density at radius 2 is 0.809 bits per heavy atom. The zero-order valence-electron chi connectivity index (χ0n) is 37.4. The molecule has 14 heteroatoms. The molecule has 8 nitrogen and oxygen atoms in total. The zero-order chi connectivity index (χ0) is 47.8. The van der Waals surface area contributed by atoms with Gasteiger partial charge in [0.05, 0.1) is 12.1 Å². The lowest BCUT2D eigenvalue weighted by Gasteiger charge is -2.32. The molecule has 6 aromatic carbocycles. The van der Waals surface area contributed by atoms with E-state index in [1.165, 1.54) is 24.3 Å². The zero-order valence-corrected chi connectivity index (χ0v) is 39.0. The molecule has 2 aliphatic heterocycles. The van der Waals surface area contributed by atoms with Crippen LogP contribution in [0.15, 0.2) is 146 Å². The number of nitrogens with zero attached hydrogens (tertiary/aromatic N) is 2. The summed E-state index contributed by atoms with van der Waals surface area (Å²) in [6.45, 7) is 5.03. The molecule has 2 N–H and O–H groups in total. The van der Waals surface area contributed by atoms with Crippen LogP contribution in [0.1, 0.15) is 60.0 Å². The Labute approximate surface area is 405 Å². The van der Waals surface area contributed by atoms with Gasteiger partial charge in [0.15, 0.2) is 23.1 Å². The minimum Gasteiger partial charge on any atom is -0.489 e. The van der Waals surface area contributed by atoms with Gasteiger partial charge in [0.2, 0.25) is 11.8 Å². The monoisotopic (exact) mass is 968 g/mol. The average molecular weight is 970 g/mol. The Hall–Kier alpha value is -5.92. The molecule has 2 fully saturated rings. The van der Waals surface area contributed by atoms with E-state index in [9.17, 15) is 27.2 Å². The number of halogens is 6. The number of likely N-dealkylation sites (tertiary alicyclic amines) is 2. The number of para-hydroxylation sites is 2. The van der Waals surface area contributed by atoms with E-state index in [1.54, 1.807) is 121 Å². The number of piperidine rings is 2. The molecular formula is C54H54Cl2F4N4O4. The third-order valence-electron chi connectivity index (χ3n) is 12.3. The van der Waals surface area contributed by atoms with Crippen molar-refractivity contribution in [2.24, 2.45) is 11.8 Å². The summed E-state index contributed by atoms with van der Waals surface area (Å²) in [5.74, 6) is -1.49. The third-order valence-corrected chi connectivity index (χ3v) is 12.8. The highest BCUT2D eigenvalue weighted by Crippen LogP contribution is 2.30. The second-order valence-electron chi connectivity index (χ2n) is 16.8. The number of hydrogen-bond donors (Lipinski definition) is 2. The van der Waals surface area contributed by atoms with Crippen LogP contribution < -0.4 is 20.1 Å². The summed E-state index contributed by atoms with van der Waals surface area (Å²) in [6, 6.07) is 38.6. The van der Waals surface area contributed by atoms with Gasteiger partial charge in [-0.25, -0.2) is 17.6 Å². The van der Waals surface area contributed by atoms with Gasteiger partial charge in [0.25, 0.3) is 0 Å². The number of amides is 2. The normalized spacial score (nSPS) is 15.6. The number of carbonyl (C=O) groups excluding carboxylic acids is 2. The highest BCUT2D eigenvalue weighted by atomic mass is 35.5. The first-order chi connectivity index (χ1) is 33.0. The summed E-state index contributed by atoms with van der Waals surface area (Å²) in [4.78, 5) is 30.7. The van der Waals surface area contributed by atoms with Crippen LogP contribution in [0.25, 0.3) is 0 Å². The smallest absolute Gasteiger partial charge is 0.223 e. The van der Waals surface area contributed by atoms with Crippen molar-refractivity contribution in [3.05, 3.63) is 201 Å². The molecule has 2 unspecified atom stereocenters. The molecule has 0 aliphatic carbocycles. The van der Waals surface area contributed by atoms with Crippen molar-refractivity contribution in [2.45, 2.75) is 37.8 Å². The summed E-state index contributed by atoms with van der Waals surface area (Å²) in [5, 5.41) is 7.27. The van der Waals surface area contributed by atoms with Crippen LogP contribution in [0, 0.1) is 35.1 Å². The molecule has 0 aromatic heterocycles. The largest absolute Gasteiger partial charge is 0.489 e. The Kier molecular flexibility index (Phi) is 18.3. The fourth-order valence-electron chi connectivity index (χ4n) is 8.46. The van der Waals surface area contributed by atoms with Crippen molar-refractivity contribution in [2.75, 3.05) is 52.5 Å². The van der Waals surface area contributed by atoms with Crippen LogP contribution in [-0.4, -0.2) is 74.1 Å². The van der Waals surface area contributed by atoms with E-state index in [2.05, 4.69) is 20.4 Å². The molecular weight excluding hydrogens is 916 g/mol. The number of carbonyl (C=O) groups is 2. The van der Waals surface area contributed by atoms with Gasteiger partial charge in [-0.2, -0.15) is 0 Å². The maximum Gasteiger partial charge on any atom is 0.223 e. The van der Waals surface area contributed by atoms with Crippen molar-refractivity contribution in [1.29, 1.82) is 0 Å². The molecule has 68 heavy (non-hydrogen) atoms. The number of rotatable bonds is 16. The first kappa shape index (κ1) is 50.0.